The fourth-order valence-corrected chi connectivity index (χ4v) is 1.79. The van der Waals surface area contributed by atoms with E-state index in [1.165, 1.54) is 0 Å². The van der Waals surface area contributed by atoms with Crippen LogP contribution in [0, 0.1) is 11.8 Å². The van der Waals surface area contributed by atoms with Crippen molar-refractivity contribution in [2.45, 2.75) is 26.4 Å². The minimum atomic E-state index is -0.926. The Balaban J connectivity index is 2.03. The summed E-state index contributed by atoms with van der Waals surface area (Å²) in [5.41, 5.74) is 0.470. The number of aliphatic carboxylic acids is 1. The quantitative estimate of drug-likeness (QED) is 0.841. The van der Waals surface area contributed by atoms with E-state index in [1.54, 1.807) is 18.3 Å². The summed E-state index contributed by atoms with van der Waals surface area (Å²) in [5, 5.41) is 11.5. The number of nitrogens with one attached hydrogen (secondary N) is 1. The first kappa shape index (κ1) is 13.3. The van der Waals surface area contributed by atoms with Crippen molar-refractivity contribution in [2.75, 3.05) is 5.32 Å². The number of carbonyl (C=O) groups excluding carboxylic acids is 1. The predicted octanol–water partition coefficient (Wildman–Crippen LogP) is 1.53. The highest BCUT2D eigenvalue weighted by atomic mass is 16.5. The fourth-order valence-electron chi connectivity index (χ4n) is 1.79. The Hall–Kier alpha value is -2.11. The maximum absolute atomic E-state index is 11.9. The number of pyridine rings is 1. The number of anilines is 1. The highest BCUT2D eigenvalue weighted by Gasteiger charge is 2.48. The summed E-state index contributed by atoms with van der Waals surface area (Å²) in [6.45, 7) is 3.73. The molecule has 1 heterocycles. The molecule has 0 unspecified atom stereocenters. The molecule has 0 spiro atoms. The molecule has 0 aromatic carbocycles. The van der Waals surface area contributed by atoms with E-state index in [0.717, 1.165) is 0 Å². The molecule has 2 N–H and O–H groups in total. The van der Waals surface area contributed by atoms with E-state index >= 15 is 0 Å². The predicted molar refractivity (Wildman–Crippen MR) is 67.9 cm³/mol. The van der Waals surface area contributed by atoms with Crippen LogP contribution in [-0.2, 0) is 9.59 Å². The van der Waals surface area contributed by atoms with Gasteiger partial charge in [-0.2, -0.15) is 0 Å². The average molecular weight is 264 g/mol. The second kappa shape index (κ2) is 5.26. The highest BCUT2D eigenvalue weighted by molar-refractivity contribution is 5.98. The number of ether oxygens (including phenoxy) is 1. The van der Waals surface area contributed by atoms with Gasteiger partial charge in [-0.05, 0) is 32.4 Å². The Morgan fingerprint density at radius 3 is 2.79 bits per heavy atom. The van der Waals surface area contributed by atoms with Crippen molar-refractivity contribution < 1.29 is 19.4 Å². The zero-order valence-corrected chi connectivity index (χ0v) is 10.8. The molecule has 1 aliphatic rings. The third kappa shape index (κ3) is 3.21. The molecular formula is C13H16N2O4. The molecule has 1 aliphatic carbocycles. The lowest BCUT2D eigenvalue weighted by molar-refractivity contribution is -0.139. The lowest BCUT2D eigenvalue weighted by atomic mass is 10.3. The first-order chi connectivity index (χ1) is 8.99. The minimum Gasteiger partial charge on any atom is -0.481 e. The van der Waals surface area contributed by atoms with Gasteiger partial charge in [-0.3, -0.25) is 9.59 Å². The second-order valence-corrected chi connectivity index (χ2v) is 4.80. The number of aromatic nitrogens is 1. The lowest BCUT2D eigenvalue weighted by Gasteiger charge is -2.13. The van der Waals surface area contributed by atoms with Crippen LogP contribution in [0.15, 0.2) is 18.3 Å². The molecule has 0 bridgehead atoms. The molecule has 1 saturated carbocycles. The van der Waals surface area contributed by atoms with E-state index in [2.05, 4.69) is 10.3 Å². The Morgan fingerprint density at radius 2 is 2.21 bits per heavy atom. The molecule has 0 saturated heterocycles. The number of amides is 1. The Bertz CT molecular complexity index is 501. The summed E-state index contributed by atoms with van der Waals surface area (Å²) < 4.78 is 5.48. The van der Waals surface area contributed by atoms with Crippen LogP contribution in [0.25, 0.3) is 0 Å². The van der Waals surface area contributed by atoms with E-state index in [-0.39, 0.29) is 12.0 Å². The molecule has 6 heteroatoms. The van der Waals surface area contributed by atoms with Crippen molar-refractivity contribution in [3.8, 4) is 5.88 Å². The number of carbonyl (C=O) groups is 2. The van der Waals surface area contributed by atoms with Crippen molar-refractivity contribution in [1.82, 2.24) is 4.98 Å². The molecule has 2 atom stereocenters. The van der Waals surface area contributed by atoms with Gasteiger partial charge in [0.15, 0.2) is 0 Å². The second-order valence-electron chi connectivity index (χ2n) is 4.80. The Kier molecular flexibility index (Phi) is 3.69. The third-order valence-electron chi connectivity index (χ3n) is 2.82. The SMILES string of the molecule is CC(C)Oc1ncccc1NC(=O)[C@@H]1C[C@@H]1C(=O)O. The molecule has 0 aliphatic heterocycles. The van der Waals surface area contributed by atoms with Crippen molar-refractivity contribution in [1.29, 1.82) is 0 Å². The molecule has 0 radical (unpaired) electrons. The minimum absolute atomic E-state index is 0.0572. The van der Waals surface area contributed by atoms with Gasteiger partial charge in [0.05, 0.1) is 17.9 Å². The number of hydrogen-bond acceptors (Lipinski definition) is 4. The van der Waals surface area contributed by atoms with Gasteiger partial charge < -0.3 is 15.2 Å². The number of carboxylic acid groups (broad SMARTS) is 1. The zero-order valence-electron chi connectivity index (χ0n) is 10.8. The topological polar surface area (TPSA) is 88.5 Å². The van der Waals surface area contributed by atoms with E-state index in [4.69, 9.17) is 9.84 Å². The van der Waals surface area contributed by atoms with E-state index in [0.29, 0.717) is 18.0 Å². The van der Waals surface area contributed by atoms with Gasteiger partial charge >= 0.3 is 5.97 Å². The Labute approximate surface area is 110 Å². The van der Waals surface area contributed by atoms with Gasteiger partial charge in [0.1, 0.15) is 5.69 Å². The van der Waals surface area contributed by atoms with Crippen LogP contribution in [-0.4, -0.2) is 28.1 Å². The third-order valence-corrected chi connectivity index (χ3v) is 2.82. The number of rotatable bonds is 5. The summed E-state index contributed by atoms with van der Waals surface area (Å²) in [5.74, 6) is -1.90. The molecule has 1 fully saturated rings. The van der Waals surface area contributed by atoms with Gasteiger partial charge in [-0.1, -0.05) is 0 Å². The zero-order chi connectivity index (χ0) is 14.0. The van der Waals surface area contributed by atoms with Gasteiger partial charge in [0.25, 0.3) is 0 Å². The summed E-state index contributed by atoms with van der Waals surface area (Å²) >= 11 is 0. The molecule has 1 aromatic heterocycles. The lowest BCUT2D eigenvalue weighted by Crippen LogP contribution is -2.18. The van der Waals surface area contributed by atoms with Gasteiger partial charge in [-0.25, -0.2) is 4.98 Å². The van der Waals surface area contributed by atoms with Crippen LogP contribution in [0.1, 0.15) is 20.3 Å². The van der Waals surface area contributed by atoms with E-state index < -0.39 is 17.8 Å². The standard InChI is InChI=1S/C13H16N2O4/c1-7(2)19-12-10(4-3-5-14-12)15-11(16)8-6-9(8)13(17)18/h3-5,7-9H,6H2,1-2H3,(H,15,16)(H,17,18)/t8-,9+/m1/s1. The Morgan fingerprint density at radius 1 is 1.47 bits per heavy atom. The first-order valence-electron chi connectivity index (χ1n) is 6.14. The molecule has 19 heavy (non-hydrogen) atoms. The van der Waals surface area contributed by atoms with Crippen LogP contribution in [0.2, 0.25) is 0 Å². The van der Waals surface area contributed by atoms with Crippen LogP contribution in [0.3, 0.4) is 0 Å². The van der Waals surface area contributed by atoms with Crippen LogP contribution >= 0.6 is 0 Å². The highest BCUT2D eigenvalue weighted by Crippen LogP contribution is 2.39. The van der Waals surface area contributed by atoms with Crippen molar-refractivity contribution in [3.63, 3.8) is 0 Å². The monoisotopic (exact) mass is 264 g/mol. The van der Waals surface area contributed by atoms with Crippen molar-refractivity contribution in [2.24, 2.45) is 11.8 Å². The summed E-state index contributed by atoms with van der Waals surface area (Å²) in [6.07, 6.45) is 1.91. The fraction of sp³-hybridized carbons (Fsp3) is 0.462. The van der Waals surface area contributed by atoms with Gasteiger partial charge in [0, 0.05) is 6.20 Å². The summed E-state index contributed by atoms with van der Waals surface area (Å²) in [4.78, 5) is 26.6. The number of nitrogens with zero attached hydrogens (tertiary/aromatic N) is 1. The number of hydrogen-bond donors (Lipinski definition) is 2. The molecular weight excluding hydrogens is 248 g/mol. The maximum Gasteiger partial charge on any atom is 0.307 e. The first-order valence-corrected chi connectivity index (χ1v) is 6.14. The maximum atomic E-state index is 11.9. The smallest absolute Gasteiger partial charge is 0.307 e. The van der Waals surface area contributed by atoms with E-state index in [1.807, 2.05) is 13.8 Å². The molecule has 2 rings (SSSR count). The molecule has 6 nitrogen and oxygen atoms in total. The van der Waals surface area contributed by atoms with Crippen LogP contribution in [0.5, 0.6) is 5.88 Å². The largest absolute Gasteiger partial charge is 0.481 e. The molecule has 1 amide bonds. The summed E-state index contributed by atoms with van der Waals surface area (Å²) in [7, 11) is 0. The van der Waals surface area contributed by atoms with Crippen molar-refractivity contribution in [3.05, 3.63) is 18.3 Å². The van der Waals surface area contributed by atoms with E-state index in [9.17, 15) is 9.59 Å². The van der Waals surface area contributed by atoms with Gasteiger partial charge in [-0.15, -0.1) is 0 Å². The summed E-state index contributed by atoms with van der Waals surface area (Å²) in [6, 6.07) is 3.37. The van der Waals surface area contributed by atoms with Crippen molar-refractivity contribution >= 4 is 17.6 Å². The van der Waals surface area contributed by atoms with Gasteiger partial charge in [0.2, 0.25) is 11.8 Å². The van der Waals surface area contributed by atoms with Crippen LogP contribution < -0.4 is 10.1 Å². The van der Waals surface area contributed by atoms with Crippen LogP contribution in [0.4, 0.5) is 5.69 Å². The average Bonchev–Trinajstić information content (AvgIpc) is 3.11. The molecule has 102 valence electrons. The molecule has 1 aromatic rings. The normalized spacial score (nSPS) is 21.0. The number of carboxylic acids is 1.